The van der Waals surface area contributed by atoms with E-state index in [9.17, 15) is 0 Å². The number of ether oxygens (including phenoxy) is 1. The monoisotopic (exact) mass is 224 g/mol. The topological polar surface area (TPSA) is 9.23 Å². The van der Waals surface area contributed by atoms with E-state index in [-0.39, 0.29) is 0 Å². The van der Waals surface area contributed by atoms with E-state index in [0.717, 1.165) is 5.41 Å². The minimum Gasteiger partial charge on any atom is -0.375 e. The molecule has 0 radical (unpaired) electrons. The Balaban J connectivity index is 1.76. The molecular formula is C15H28O. The highest BCUT2D eigenvalue weighted by atomic mass is 16.5. The fourth-order valence-corrected chi connectivity index (χ4v) is 3.43. The summed E-state index contributed by atoms with van der Waals surface area (Å²) in [5, 5.41) is 0. The van der Waals surface area contributed by atoms with Gasteiger partial charge in [-0.25, -0.2) is 0 Å². The Morgan fingerprint density at radius 3 is 2.00 bits per heavy atom. The van der Waals surface area contributed by atoms with Gasteiger partial charge in [0.2, 0.25) is 0 Å². The smallest absolute Gasteiger partial charge is 0.0579 e. The van der Waals surface area contributed by atoms with Crippen LogP contribution >= 0.6 is 0 Å². The molecule has 2 aliphatic carbocycles. The van der Waals surface area contributed by atoms with Crippen LogP contribution in [0.2, 0.25) is 0 Å². The molecule has 0 bridgehead atoms. The molecule has 1 atom stereocenters. The molecule has 94 valence electrons. The highest BCUT2D eigenvalue weighted by Gasteiger charge is 2.38. The van der Waals surface area contributed by atoms with E-state index in [1.54, 1.807) is 0 Å². The maximum Gasteiger partial charge on any atom is 0.0579 e. The van der Waals surface area contributed by atoms with Crippen LogP contribution < -0.4 is 0 Å². The molecule has 0 saturated heterocycles. The first kappa shape index (κ1) is 12.4. The van der Waals surface area contributed by atoms with Crippen molar-refractivity contribution in [1.82, 2.24) is 0 Å². The van der Waals surface area contributed by atoms with Gasteiger partial charge < -0.3 is 4.74 Å². The Morgan fingerprint density at radius 1 is 0.938 bits per heavy atom. The maximum atomic E-state index is 6.16. The quantitative estimate of drug-likeness (QED) is 0.683. The zero-order valence-corrected chi connectivity index (χ0v) is 11.3. The normalized spacial score (nSPS) is 27.8. The van der Waals surface area contributed by atoms with E-state index < -0.39 is 0 Å². The van der Waals surface area contributed by atoms with Crippen molar-refractivity contribution in [1.29, 1.82) is 0 Å². The summed E-state index contributed by atoms with van der Waals surface area (Å²) in [6.07, 6.45) is 12.5. The van der Waals surface area contributed by atoms with Crippen LogP contribution in [0.3, 0.4) is 0 Å². The van der Waals surface area contributed by atoms with E-state index in [4.69, 9.17) is 4.74 Å². The summed E-state index contributed by atoms with van der Waals surface area (Å²) in [6.45, 7) is 6.74. The molecular weight excluding hydrogens is 196 g/mol. The Kier molecular flexibility index (Phi) is 3.94. The number of hydrogen-bond donors (Lipinski definition) is 0. The minimum atomic E-state index is 0.433. The van der Waals surface area contributed by atoms with Gasteiger partial charge in [0, 0.05) is 0 Å². The van der Waals surface area contributed by atoms with Crippen LogP contribution in [0, 0.1) is 11.3 Å². The largest absolute Gasteiger partial charge is 0.375 e. The molecule has 1 unspecified atom stereocenters. The van der Waals surface area contributed by atoms with Gasteiger partial charge in [-0.15, -0.1) is 0 Å². The summed E-state index contributed by atoms with van der Waals surface area (Å²) in [5.41, 5.74) is 0.751. The second-order valence-electron chi connectivity index (χ2n) is 6.49. The molecule has 2 aliphatic rings. The zero-order valence-electron chi connectivity index (χ0n) is 11.3. The van der Waals surface area contributed by atoms with E-state index in [0.29, 0.717) is 18.1 Å². The summed E-state index contributed by atoms with van der Waals surface area (Å²) in [4.78, 5) is 0. The Labute approximate surface area is 101 Å². The van der Waals surface area contributed by atoms with E-state index in [1.165, 1.54) is 51.4 Å². The van der Waals surface area contributed by atoms with Crippen molar-refractivity contribution in [2.24, 2.45) is 11.3 Å². The summed E-state index contributed by atoms with van der Waals surface area (Å²) < 4.78 is 6.16. The van der Waals surface area contributed by atoms with Crippen LogP contribution in [0.15, 0.2) is 0 Å². The molecule has 2 saturated carbocycles. The molecule has 0 heterocycles. The van der Waals surface area contributed by atoms with Crippen molar-refractivity contribution in [3.8, 4) is 0 Å². The van der Waals surface area contributed by atoms with Gasteiger partial charge in [0.25, 0.3) is 0 Å². The predicted molar refractivity (Wildman–Crippen MR) is 68.5 cm³/mol. The average Bonchev–Trinajstić information content (AvgIpc) is 2.70. The van der Waals surface area contributed by atoms with Crippen LogP contribution in [-0.4, -0.2) is 12.2 Å². The third kappa shape index (κ3) is 2.80. The van der Waals surface area contributed by atoms with Crippen molar-refractivity contribution in [3.05, 3.63) is 0 Å². The molecule has 2 fully saturated rings. The predicted octanol–water partition coefficient (Wildman–Crippen LogP) is 4.55. The Morgan fingerprint density at radius 2 is 1.50 bits per heavy atom. The molecule has 0 aromatic rings. The first-order valence-corrected chi connectivity index (χ1v) is 7.27. The lowest BCUT2D eigenvalue weighted by atomic mass is 9.72. The molecule has 0 aromatic carbocycles. The second-order valence-corrected chi connectivity index (χ2v) is 6.49. The van der Waals surface area contributed by atoms with Crippen LogP contribution in [0.5, 0.6) is 0 Å². The Bertz CT molecular complexity index is 205. The molecule has 0 aliphatic heterocycles. The molecule has 1 heteroatoms. The molecule has 0 aromatic heterocycles. The zero-order chi connectivity index (χ0) is 11.6. The fraction of sp³-hybridized carbons (Fsp3) is 1.00. The lowest BCUT2D eigenvalue weighted by molar-refractivity contribution is -0.0584. The molecule has 16 heavy (non-hydrogen) atoms. The van der Waals surface area contributed by atoms with E-state index in [2.05, 4.69) is 20.8 Å². The van der Waals surface area contributed by atoms with Crippen molar-refractivity contribution < 1.29 is 4.74 Å². The SMILES string of the molecule is CC(C)C(C)OC1CCC2(CCCC2)CC1. The second kappa shape index (κ2) is 5.08. The van der Waals surface area contributed by atoms with Gasteiger partial charge in [-0.3, -0.25) is 0 Å². The van der Waals surface area contributed by atoms with E-state index >= 15 is 0 Å². The number of hydrogen-bond acceptors (Lipinski definition) is 1. The van der Waals surface area contributed by atoms with Gasteiger partial charge in [-0.05, 0) is 56.8 Å². The summed E-state index contributed by atoms with van der Waals surface area (Å²) in [6, 6.07) is 0. The van der Waals surface area contributed by atoms with E-state index in [1.807, 2.05) is 0 Å². The van der Waals surface area contributed by atoms with Crippen LogP contribution in [0.1, 0.15) is 72.1 Å². The minimum absolute atomic E-state index is 0.433. The third-order valence-electron chi connectivity index (χ3n) is 5.00. The molecule has 1 spiro atoms. The summed E-state index contributed by atoms with van der Waals surface area (Å²) in [7, 11) is 0. The van der Waals surface area contributed by atoms with Crippen molar-refractivity contribution in [2.45, 2.75) is 84.3 Å². The van der Waals surface area contributed by atoms with Crippen molar-refractivity contribution >= 4 is 0 Å². The van der Waals surface area contributed by atoms with Crippen molar-refractivity contribution in [3.63, 3.8) is 0 Å². The van der Waals surface area contributed by atoms with Crippen LogP contribution in [0.4, 0.5) is 0 Å². The van der Waals surface area contributed by atoms with Gasteiger partial charge in [-0.2, -0.15) is 0 Å². The van der Waals surface area contributed by atoms with Crippen LogP contribution in [-0.2, 0) is 4.74 Å². The molecule has 1 nitrogen and oxygen atoms in total. The third-order valence-corrected chi connectivity index (χ3v) is 5.00. The number of rotatable bonds is 3. The summed E-state index contributed by atoms with van der Waals surface area (Å²) >= 11 is 0. The standard InChI is InChI=1S/C15H28O/c1-12(2)13(3)16-14-6-10-15(11-7-14)8-4-5-9-15/h12-14H,4-11H2,1-3H3. The lowest BCUT2D eigenvalue weighted by Gasteiger charge is -2.38. The maximum absolute atomic E-state index is 6.16. The summed E-state index contributed by atoms with van der Waals surface area (Å²) in [5.74, 6) is 0.655. The highest BCUT2D eigenvalue weighted by Crippen LogP contribution is 2.49. The molecule has 0 amide bonds. The molecule has 0 N–H and O–H groups in total. The molecule has 2 rings (SSSR count). The fourth-order valence-electron chi connectivity index (χ4n) is 3.43. The van der Waals surface area contributed by atoms with Gasteiger partial charge in [0.15, 0.2) is 0 Å². The average molecular weight is 224 g/mol. The van der Waals surface area contributed by atoms with Gasteiger partial charge in [0.05, 0.1) is 12.2 Å². The first-order chi connectivity index (χ1) is 7.61. The van der Waals surface area contributed by atoms with Gasteiger partial charge in [0.1, 0.15) is 0 Å². The van der Waals surface area contributed by atoms with Gasteiger partial charge >= 0.3 is 0 Å². The highest BCUT2D eigenvalue weighted by molar-refractivity contribution is 4.89. The van der Waals surface area contributed by atoms with Crippen LogP contribution in [0.25, 0.3) is 0 Å². The Hall–Kier alpha value is -0.0400. The van der Waals surface area contributed by atoms with Gasteiger partial charge in [-0.1, -0.05) is 26.7 Å². The first-order valence-electron chi connectivity index (χ1n) is 7.27. The van der Waals surface area contributed by atoms with Crippen molar-refractivity contribution in [2.75, 3.05) is 0 Å². The lowest BCUT2D eigenvalue weighted by Crippen LogP contribution is -2.32.